The van der Waals surface area contributed by atoms with Crippen LogP contribution in [0.1, 0.15) is 0 Å². The largest absolute Gasteiger partial charge is 0.456 e. The van der Waals surface area contributed by atoms with Gasteiger partial charge in [-0.15, -0.1) is 11.3 Å². The minimum atomic E-state index is 0.588. The summed E-state index contributed by atoms with van der Waals surface area (Å²) < 4.78 is 15.3. The van der Waals surface area contributed by atoms with E-state index in [2.05, 4.69) is 126 Å². The molecule has 0 spiro atoms. The summed E-state index contributed by atoms with van der Waals surface area (Å²) in [4.78, 5) is 7.16. The lowest BCUT2D eigenvalue weighted by Crippen LogP contribution is -2.10. The Kier molecular flexibility index (Phi) is 6.01. The summed E-state index contributed by atoms with van der Waals surface area (Å²) in [6.45, 7) is 0. The average molecular weight is 635 g/mol. The van der Waals surface area contributed by atoms with Gasteiger partial charge in [0.1, 0.15) is 16.7 Å². The second-order valence-corrected chi connectivity index (χ2v) is 13.0. The topological polar surface area (TPSA) is 42.4 Å². The van der Waals surface area contributed by atoms with Crippen molar-refractivity contribution >= 4 is 81.6 Å². The molecule has 226 valence electrons. The van der Waals surface area contributed by atoms with Crippen molar-refractivity contribution in [2.24, 2.45) is 0 Å². The second kappa shape index (κ2) is 10.7. The molecule has 0 N–H and O–H groups in total. The normalized spacial score (nSPS) is 11.8. The van der Waals surface area contributed by atoms with Crippen LogP contribution in [0.5, 0.6) is 0 Å². The number of benzene rings is 7. The molecule has 0 bridgehead atoms. The number of thiophene rings is 1. The van der Waals surface area contributed by atoms with Crippen LogP contribution in [0.25, 0.3) is 75.8 Å². The molecule has 3 aromatic heterocycles. The van der Waals surface area contributed by atoms with Crippen molar-refractivity contribution in [1.82, 2.24) is 4.98 Å². The lowest BCUT2D eigenvalue weighted by molar-refractivity contribution is 0.620. The number of para-hydroxylation sites is 2. The molecule has 0 unspecified atom stereocenters. The highest BCUT2D eigenvalue weighted by Gasteiger charge is 2.21. The van der Waals surface area contributed by atoms with Crippen molar-refractivity contribution in [2.45, 2.75) is 0 Å². The monoisotopic (exact) mass is 634 g/mol. The molecule has 5 heteroatoms. The Balaban J connectivity index is 1.18. The van der Waals surface area contributed by atoms with E-state index < -0.39 is 0 Å². The number of furan rings is 1. The third kappa shape index (κ3) is 4.25. The van der Waals surface area contributed by atoms with Gasteiger partial charge in [-0.1, -0.05) is 84.9 Å². The van der Waals surface area contributed by atoms with E-state index >= 15 is 0 Å². The smallest absolute Gasteiger partial charge is 0.228 e. The predicted octanol–water partition coefficient (Wildman–Crippen LogP) is 12.9. The van der Waals surface area contributed by atoms with Gasteiger partial charge < -0.3 is 13.7 Å². The molecule has 7 aromatic carbocycles. The fourth-order valence-corrected chi connectivity index (χ4v) is 8.05. The van der Waals surface area contributed by atoms with Gasteiger partial charge in [0, 0.05) is 53.9 Å². The SMILES string of the molecule is c1ccc(-c2ccc(N(c3ccc4c(c3)oc3cccc(-c5nc6ccccc6o5)c34)c3cccc4sc5ccccc5c34)cc2)cc1. The van der Waals surface area contributed by atoms with Gasteiger partial charge in [-0.05, 0) is 77.9 Å². The molecule has 0 radical (unpaired) electrons. The molecule has 10 aromatic rings. The number of anilines is 3. The first kappa shape index (κ1) is 27.0. The molecule has 0 fully saturated rings. The van der Waals surface area contributed by atoms with Crippen LogP contribution in [0.2, 0.25) is 0 Å². The van der Waals surface area contributed by atoms with Crippen LogP contribution in [0.3, 0.4) is 0 Å². The molecular weight excluding hydrogens is 609 g/mol. The minimum Gasteiger partial charge on any atom is -0.456 e. The van der Waals surface area contributed by atoms with Gasteiger partial charge in [0.2, 0.25) is 5.89 Å². The van der Waals surface area contributed by atoms with Gasteiger partial charge in [-0.25, -0.2) is 4.98 Å². The van der Waals surface area contributed by atoms with E-state index in [0.717, 1.165) is 55.7 Å². The molecular formula is C43H26N2O2S. The van der Waals surface area contributed by atoms with E-state index in [9.17, 15) is 0 Å². The Labute approximate surface area is 279 Å². The summed E-state index contributed by atoms with van der Waals surface area (Å²) in [5, 5.41) is 4.51. The van der Waals surface area contributed by atoms with E-state index in [-0.39, 0.29) is 0 Å². The van der Waals surface area contributed by atoms with Crippen LogP contribution in [0.4, 0.5) is 17.1 Å². The standard InChI is InChI=1S/C43H26N2O2S/c1-2-10-27(11-3-1)28-20-22-29(23-21-28)45(35-15-9-19-40-42(35)32-12-4-7-18-39(32)48-40)30-24-25-31-38(26-30)46-37-17-8-13-33(41(31)37)43-44-34-14-5-6-16-36(34)47-43/h1-26H. The molecule has 0 atom stereocenters. The first-order valence-electron chi connectivity index (χ1n) is 16.0. The zero-order valence-corrected chi connectivity index (χ0v) is 26.4. The predicted molar refractivity (Wildman–Crippen MR) is 200 cm³/mol. The average Bonchev–Trinajstić information content (AvgIpc) is 3.86. The van der Waals surface area contributed by atoms with Crippen molar-refractivity contribution in [3.63, 3.8) is 0 Å². The van der Waals surface area contributed by atoms with Crippen LogP contribution < -0.4 is 4.90 Å². The second-order valence-electron chi connectivity index (χ2n) is 11.9. The fourth-order valence-electron chi connectivity index (χ4n) is 6.92. The zero-order valence-electron chi connectivity index (χ0n) is 25.6. The Bertz CT molecular complexity index is 2760. The van der Waals surface area contributed by atoms with Crippen molar-refractivity contribution < 1.29 is 8.83 Å². The Morgan fingerprint density at radius 3 is 2.10 bits per heavy atom. The lowest BCUT2D eigenvalue weighted by Gasteiger charge is -2.26. The molecule has 4 nitrogen and oxygen atoms in total. The lowest BCUT2D eigenvalue weighted by atomic mass is 10.0. The number of aromatic nitrogens is 1. The van der Waals surface area contributed by atoms with Crippen LogP contribution in [0, 0.1) is 0 Å². The van der Waals surface area contributed by atoms with Crippen molar-refractivity contribution in [1.29, 1.82) is 0 Å². The van der Waals surface area contributed by atoms with Crippen LogP contribution in [-0.4, -0.2) is 4.98 Å². The molecule has 48 heavy (non-hydrogen) atoms. The molecule has 0 aliphatic heterocycles. The van der Waals surface area contributed by atoms with Crippen molar-refractivity contribution in [3.05, 3.63) is 158 Å². The third-order valence-corrected chi connectivity index (χ3v) is 10.3. The maximum atomic E-state index is 6.58. The van der Waals surface area contributed by atoms with Crippen molar-refractivity contribution in [3.8, 4) is 22.6 Å². The van der Waals surface area contributed by atoms with E-state index in [1.165, 1.54) is 31.3 Å². The summed E-state index contributed by atoms with van der Waals surface area (Å²) in [5.74, 6) is 0.588. The molecule has 0 amide bonds. The highest BCUT2D eigenvalue weighted by molar-refractivity contribution is 7.26. The van der Waals surface area contributed by atoms with E-state index in [1.54, 1.807) is 0 Å². The van der Waals surface area contributed by atoms with E-state index in [4.69, 9.17) is 13.8 Å². The molecule has 10 rings (SSSR count). The Morgan fingerprint density at radius 1 is 0.479 bits per heavy atom. The summed E-state index contributed by atoms with van der Waals surface area (Å²) in [6, 6.07) is 55.1. The summed E-state index contributed by atoms with van der Waals surface area (Å²) in [7, 11) is 0. The Morgan fingerprint density at radius 2 is 1.21 bits per heavy atom. The quantitative estimate of drug-likeness (QED) is 0.189. The highest BCUT2D eigenvalue weighted by Crippen LogP contribution is 2.46. The molecule has 0 saturated carbocycles. The minimum absolute atomic E-state index is 0.588. The zero-order chi connectivity index (χ0) is 31.6. The summed E-state index contributed by atoms with van der Waals surface area (Å²) in [6.07, 6.45) is 0. The molecule has 0 aliphatic rings. The van der Waals surface area contributed by atoms with Gasteiger partial charge in [0.25, 0.3) is 0 Å². The molecule has 0 aliphatic carbocycles. The first-order chi connectivity index (χ1) is 23.8. The number of hydrogen-bond acceptors (Lipinski definition) is 5. The highest BCUT2D eigenvalue weighted by atomic mass is 32.1. The van der Waals surface area contributed by atoms with Gasteiger partial charge >= 0.3 is 0 Å². The van der Waals surface area contributed by atoms with Crippen molar-refractivity contribution in [2.75, 3.05) is 4.90 Å². The first-order valence-corrected chi connectivity index (χ1v) is 16.8. The van der Waals surface area contributed by atoms with Gasteiger partial charge in [0.15, 0.2) is 5.58 Å². The fraction of sp³-hybridized carbons (Fsp3) is 0. The summed E-state index contributed by atoms with van der Waals surface area (Å²) >= 11 is 1.83. The van der Waals surface area contributed by atoms with E-state index in [1.807, 2.05) is 47.7 Å². The number of fused-ring (bicyclic) bond motifs is 7. The van der Waals surface area contributed by atoms with Gasteiger partial charge in [0.05, 0.1) is 5.69 Å². The Hall–Kier alpha value is -6.17. The number of oxazole rings is 1. The van der Waals surface area contributed by atoms with Crippen LogP contribution in [-0.2, 0) is 0 Å². The number of hydrogen-bond donors (Lipinski definition) is 0. The number of nitrogens with zero attached hydrogens (tertiary/aromatic N) is 2. The maximum Gasteiger partial charge on any atom is 0.228 e. The molecule has 0 saturated heterocycles. The third-order valence-electron chi connectivity index (χ3n) is 9.12. The maximum absolute atomic E-state index is 6.58. The van der Waals surface area contributed by atoms with Gasteiger partial charge in [-0.3, -0.25) is 0 Å². The van der Waals surface area contributed by atoms with Gasteiger partial charge in [-0.2, -0.15) is 0 Å². The van der Waals surface area contributed by atoms with Crippen LogP contribution >= 0.6 is 11.3 Å². The van der Waals surface area contributed by atoms with E-state index in [0.29, 0.717) is 5.89 Å². The van der Waals surface area contributed by atoms with Crippen LogP contribution in [0.15, 0.2) is 167 Å². The molecule has 3 heterocycles. The number of rotatable bonds is 5. The summed E-state index contributed by atoms with van der Waals surface area (Å²) in [5.41, 5.74) is 9.70.